The maximum Gasteiger partial charge on any atom is 0.225 e. The lowest BCUT2D eigenvalue weighted by Gasteiger charge is -2.12. The Morgan fingerprint density at radius 1 is 1.44 bits per heavy atom. The highest BCUT2D eigenvalue weighted by molar-refractivity contribution is 5.92. The Balaban J connectivity index is 2.73. The van der Waals surface area contributed by atoms with Gasteiger partial charge in [-0.2, -0.15) is 0 Å². The van der Waals surface area contributed by atoms with Crippen LogP contribution in [0.15, 0.2) is 18.2 Å². The van der Waals surface area contributed by atoms with Gasteiger partial charge in [-0.15, -0.1) is 0 Å². The molecule has 5 nitrogen and oxygen atoms in total. The Morgan fingerprint density at radius 3 is 2.89 bits per heavy atom. The molecule has 0 aliphatic rings. The van der Waals surface area contributed by atoms with Crippen molar-refractivity contribution in [1.82, 2.24) is 0 Å². The molecule has 1 rings (SSSR count). The molecule has 0 unspecified atom stereocenters. The van der Waals surface area contributed by atoms with Crippen molar-refractivity contribution >= 4 is 11.6 Å². The van der Waals surface area contributed by atoms with Crippen LogP contribution in [0.4, 0.5) is 10.1 Å². The van der Waals surface area contributed by atoms with Gasteiger partial charge in [0.25, 0.3) is 0 Å². The van der Waals surface area contributed by atoms with Crippen LogP contribution < -0.4 is 15.8 Å². The average Bonchev–Trinajstić information content (AvgIpc) is 2.32. The number of carbonyl (C=O) groups excluding carboxylic acids is 1. The Labute approximate surface area is 105 Å². The van der Waals surface area contributed by atoms with Gasteiger partial charge in [0.1, 0.15) is 18.2 Å². The normalized spacial score (nSPS) is 10.2. The van der Waals surface area contributed by atoms with E-state index in [2.05, 4.69) is 5.32 Å². The van der Waals surface area contributed by atoms with E-state index >= 15 is 0 Å². The zero-order valence-electron chi connectivity index (χ0n) is 10.2. The summed E-state index contributed by atoms with van der Waals surface area (Å²) >= 11 is 0. The minimum atomic E-state index is -0.447. The van der Waals surface area contributed by atoms with Crippen LogP contribution in [0.2, 0.25) is 0 Å². The van der Waals surface area contributed by atoms with Crippen molar-refractivity contribution in [2.75, 3.05) is 32.2 Å². The Hall–Kier alpha value is -1.66. The van der Waals surface area contributed by atoms with Crippen LogP contribution in [0.3, 0.4) is 0 Å². The van der Waals surface area contributed by atoms with Crippen LogP contribution in [0.5, 0.6) is 5.75 Å². The fourth-order valence-corrected chi connectivity index (χ4v) is 1.30. The second-order valence-corrected chi connectivity index (χ2v) is 3.57. The summed E-state index contributed by atoms with van der Waals surface area (Å²) in [6.45, 7) is 0.969. The van der Waals surface area contributed by atoms with Crippen molar-refractivity contribution < 1.29 is 18.7 Å². The first-order valence-corrected chi connectivity index (χ1v) is 5.58. The molecule has 1 aromatic rings. The molecule has 0 saturated heterocycles. The number of rotatable bonds is 7. The van der Waals surface area contributed by atoms with Crippen molar-refractivity contribution in [2.24, 2.45) is 5.73 Å². The van der Waals surface area contributed by atoms with E-state index in [1.165, 1.54) is 18.2 Å². The average molecular weight is 256 g/mol. The fourth-order valence-electron chi connectivity index (χ4n) is 1.30. The van der Waals surface area contributed by atoms with Gasteiger partial charge in [0.2, 0.25) is 5.91 Å². The summed E-state index contributed by atoms with van der Waals surface area (Å²) in [6.07, 6.45) is 0.175. The highest BCUT2D eigenvalue weighted by atomic mass is 19.1. The van der Waals surface area contributed by atoms with Crippen molar-refractivity contribution in [3.05, 3.63) is 24.0 Å². The summed E-state index contributed by atoms with van der Waals surface area (Å²) in [4.78, 5) is 11.4. The SMILES string of the molecule is COCCOc1ccc(F)cc1NC(=O)CCN. The molecule has 0 aromatic heterocycles. The summed E-state index contributed by atoms with van der Waals surface area (Å²) in [5, 5.41) is 2.55. The first kappa shape index (κ1) is 14.4. The third-order valence-corrected chi connectivity index (χ3v) is 2.13. The summed E-state index contributed by atoms with van der Waals surface area (Å²) in [6, 6.07) is 3.93. The maximum absolute atomic E-state index is 13.1. The second-order valence-electron chi connectivity index (χ2n) is 3.57. The highest BCUT2D eigenvalue weighted by Gasteiger charge is 2.08. The molecule has 100 valence electrons. The largest absolute Gasteiger partial charge is 0.489 e. The fraction of sp³-hybridized carbons (Fsp3) is 0.417. The highest BCUT2D eigenvalue weighted by Crippen LogP contribution is 2.25. The van der Waals surface area contributed by atoms with E-state index in [4.69, 9.17) is 15.2 Å². The van der Waals surface area contributed by atoms with Gasteiger partial charge >= 0.3 is 0 Å². The molecule has 0 aliphatic carbocycles. The Kier molecular flexibility index (Phi) is 6.10. The quantitative estimate of drug-likeness (QED) is 0.717. The Bertz CT molecular complexity index is 399. The molecule has 0 bridgehead atoms. The molecule has 0 saturated carbocycles. The number of ether oxygens (including phenoxy) is 2. The zero-order chi connectivity index (χ0) is 13.4. The smallest absolute Gasteiger partial charge is 0.225 e. The van der Waals surface area contributed by atoms with Crippen molar-refractivity contribution in [1.29, 1.82) is 0 Å². The summed E-state index contributed by atoms with van der Waals surface area (Å²) < 4.78 is 23.3. The van der Waals surface area contributed by atoms with E-state index in [1.807, 2.05) is 0 Å². The van der Waals surface area contributed by atoms with E-state index in [9.17, 15) is 9.18 Å². The number of hydrogen-bond acceptors (Lipinski definition) is 4. The number of amides is 1. The molecule has 3 N–H and O–H groups in total. The van der Waals surface area contributed by atoms with Crippen molar-refractivity contribution in [3.8, 4) is 5.75 Å². The van der Waals surface area contributed by atoms with E-state index in [-0.39, 0.29) is 18.9 Å². The van der Waals surface area contributed by atoms with Crippen LogP contribution in [0.25, 0.3) is 0 Å². The van der Waals surface area contributed by atoms with E-state index in [0.29, 0.717) is 24.7 Å². The predicted octanol–water partition coefficient (Wildman–Crippen LogP) is 1.14. The summed E-state index contributed by atoms with van der Waals surface area (Å²) in [7, 11) is 1.55. The molecule has 0 aliphatic heterocycles. The van der Waals surface area contributed by atoms with Gasteiger partial charge in [-0.3, -0.25) is 4.79 Å². The van der Waals surface area contributed by atoms with Gasteiger partial charge in [-0.25, -0.2) is 4.39 Å². The molecule has 18 heavy (non-hydrogen) atoms. The molecular weight excluding hydrogens is 239 g/mol. The third-order valence-electron chi connectivity index (χ3n) is 2.13. The molecule has 0 atom stereocenters. The van der Waals surface area contributed by atoms with Gasteiger partial charge in [-0.05, 0) is 12.1 Å². The van der Waals surface area contributed by atoms with Crippen LogP contribution in [-0.4, -0.2) is 32.8 Å². The molecular formula is C12H17FN2O3. The molecule has 1 aromatic carbocycles. The topological polar surface area (TPSA) is 73.6 Å². The number of anilines is 1. The number of benzene rings is 1. The maximum atomic E-state index is 13.1. The molecule has 0 radical (unpaired) electrons. The minimum absolute atomic E-state index is 0.175. The van der Waals surface area contributed by atoms with Gasteiger partial charge in [0, 0.05) is 26.1 Å². The predicted molar refractivity (Wildman–Crippen MR) is 66.1 cm³/mol. The van der Waals surface area contributed by atoms with Crippen molar-refractivity contribution in [2.45, 2.75) is 6.42 Å². The molecule has 1 amide bonds. The van der Waals surface area contributed by atoms with E-state index < -0.39 is 5.82 Å². The van der Waals surface area contributed by atoms with E-state index in [1.54, 1.807) is 7.11 Å². The number of hydrogen-bond donors (Lipinski definition) is 2. The number of nitrogens with two attached hydrogens (primary N) is 1. The van der Waals surface area contributed by atoms with Crippen molar-refractivity contribution in [3.63, 3.8) is 0 Å². The molecule has 6 heteroatoms. The lowest BCUT2D eigenvalue weighted by molar-refractivity contribution is -0.116. The molecule has 0 spiro atoms. The number of carbonyl (C=O) groups is 1. The van der Waals surface area contributed by atoms with Crippen LogP contribution in [-0.2, 0) is 9.53 Å². The first-order valence-electron chi connectivity index (χ1n) is 5.58. The van der Waals surface area contributed by atoms with Gasteiger partial charge in [0.15, 0.2) is 0 Å². The number of methoxy groups -OCH3 is 1. The molecule has 0 fully saturated rings. The van der Waals surface area contributed by atoms with Gasteiger partial charge in [0.05, 0.1) is 12.3 Å². The van der Waals surface area contributed by atoms with Crippen LogP contribution >= 0.6 is 0 Å². The third kappa shape index (κ3) is 4.68. The Morgan fingerprint density at radius 2 is 2.22 bits per heavy atom. The first-order chi connectivity index (χ1) is 8.67. The lowest BCUT2D eigenvalue weighted by Crippen LogP contribution is -2.17. The van der Waals surface area contributed by atoms with Gasteiger partial charge < -0.3 is 20.5 Å². The number of nitrogens with one attached hydrogen (secondary N) is 1. The van der Waals surface area contributed by atoms with E-state index in [0.717, 1.165) is 0 Å². The monoisotopic (exact) mass is 256 g/mol. The van der Waals surface area contributed by atoms with Crippen LogP contribution in [0.1, 0.15) is 6.42 Å². The lowest BCUT2D eigenvalue weighted by atomic mass is 10.2. The standard InChI is InChI=1S/C12H17FN2O3/c1-17-6-7-18-11-3-2-9(13)8-10(11)15-12(16)4-5-14/h2-3,8H,4-7,14H2,1H3,(H,15,16). The molecule has 0 heterocycles. The van der Waals surface area contributed by atoms with Crippen LogP contribution in [0, 0.1) is 5.82 Å². The second kappa shape index (κ2) is 7.62. The van der Waals surface area contributed by atoms with Gasteiger partial charge in [-0.1, -0.05) is 0 Å². The number of halogens is 1. The zero-order valence-corrected chi connectivity index (χ0v) is 10.2. The summed E-state index contributed by atoms with van der Waals surface area (Å²) in [5.41, 5.74) is 5.56. The summed E-state index contributed by atoms with van der Waals surface area (Å²) in [5.74, 6) is -0.323. The minimum Gasteiger partial charge on any atom is -0.489 e.